The summed E-state index contributed by atoms with van der Waals surface area (Å²) in [7, 11) is 0. The number of nitrogens with zero attached hydrogens (tertiary/aromatic N) is 2. The molecule has 0 aliphatic rings. The number of thioether (sulfide) groups is 1. The summed E-state index contributed by atoms with van der Waals surface area (Å²) in [6.45, 7) is 3.15. The van der Waals surface area contributed by atoms with Crippen LogP contribution in [-0.2, 0) is 4.79 Å². The normalized spacial score (nSPS) is 11.4. The average Bonchev–Trinajstić information content (AvgIpc) is 2.77. The lowest BCUT2D eigenvalue weighted by atomic mass is 9.99. The number of aryl methyl sites for hydroxylation is 1. The third-order valence-corrected chi connectivity index (χ3v) is 5.90. The molecule has 156 valence electrons. The van der Waals surface area contributed by atoms with Gasteiger partial charge < -0.3 is 5.32 Å². The lowest BCUT2D eigenvalue weighted by Gasteiger charge is -2.20. The number of benzene rings is 2. The van der Waals surface area contributed by atoms with E-state index < -0.39 is 0 Å². The Balaban J connectivity index is 1.78. The largest absolute Gasteiger partial charge is 0.344 e. The minimum absolute atomic E-state index is 0.0808. The molecule has 2 aromatic carbocycles. The second kappa shape index (κ2) is 10.3. The number of carbonyl (C=O) groups excluding carboxylic acids is 2. The van der Waals surface area contributed by atoms with Crippen LogP contribution in [0.2, 0.25) is 5.02 Å². The smallest absolute Gasteiger partial charge is 0.231 e. The number of carbonyl (C=O) groups is 2. The van der Waals surface area contributed by atoms with Crippen molar-refractivity contribution in [2.45, 2.75) is 24.9 Å². The molecule has 0 saturated heterocycles. The van der Waals surface area contributed by atoms with Crippen LogP contribution in [-0.4, -0.2) is 22.4 Å². The maximum atomic E-state index is 12.8. The topological polar surface area (TPSA) is 82.8 Å². The Bertz CT molecular complexity index is 1140. The molecule has 0 fully saturated rings. The van der Waals surface area contributed by atoms with Crippen LogP contribution >= 0.6 is 23.4 Å². The lowest BCUT2D eigenvalue weighted by Crippen LogP contribution is -2.30. The zero-order valence-electron chi connectivity index (χ0n) is 17.1. The Morgan fingerprint density at radius 1 is 1.13 bits per heavy atom. The fraction of sp³-hybridized carbons (Fsp3) is 0.167. The van der Waals surface area contributed by atoms with Gasteiger partial charge in [-0.25, -0.2) is 4.98 Å². The van der Waals surface area contributed by atoms with E-state index in [1.54, 1.807) is 19.1 Å². The number of hydrogen-bond donors (Lipinski definition) is 1. The molecule has 3 aromatic rings. The summed E-state index contributed by atoms with van der Waals surface area (Å²) in [6, 6.07) is 20.3. The van der Waals surface area contributed by atoms with Crippen LogP contribution in [0.1, 0.15) is 45.7 Å². The molecule has 1 atom stereocenters. The van der Waals surface area contributed by atoms with Gasteiger partial charge in [0, 0.05) is 16.3 Å². The number of halogens is 1. The van der Waals surface area contributed by atoms with Crippen LogP contribution < -0.4 is 5.32 Å². The summed E-state index contributed by atoms with van der Waals surface area (Å²) in [5.74, 6) is -0.269. The molecule has 1 aromatic heterocycles. The maximum Gasteiger partial charge on any atom is 0.231 e. The van der Waals surface area contributed by atoms with Gasteiger partial charge in [0.2, 0.25) is 5.91 Å². The van der Waals surface area contributed by atoms with E-state index in [0.29, 0.717) is 21.3 Å². The second-order valence-corrected chi connectivity index (χ2v) is 8.29. The van der Waals surface area contributed by atoms with Gasteiger partial charge in [0.05, 0.1) is 17.4 Å². The number of aromatic nitrogens is 1. The molecular weight excluding hydrogens is 430 g/mol. The zero-order chi connectivity index (χ0) is 22.4. The Hall–Kier alpha value is -3.14. The molecule has 1 unspecified atom stereocenters. The van der Waals surface area contributed by atoms with E-state index in [1.165, 1.54) is 24.8 Å². The molecule has 0 aliphatic heterocycles. The summed E-state index contributed by atoms with van der Waals surface area (Å²) in [5.41, 5.74) is 3.09. The number of nitrogens with one attached hydrogen (secondary N) is 1. The van der Waals surface area contributed by atoms with Crippen LogP contribution in [0.5, 0.6) is 0 Å². The highest BCUT2D eigenvalue weighted by Gasteiger charge is 2.18. The van der Waals surface area contributed by atoms with Crippen molar-refractivity contribution >= 4 is 35.1 Å². The van der Waals surface area contributed by atoms with Gasteiger partial charge in [-0.15, -0.1) is 0 Å². The van der Waals surface area contributed by atoms with Gasteiger partial charge in [-0.05, 0) is 43.2 Å². The van der Waals surface area contributed by atoms with E-state index in [4.69, 9.17) is 11.6 Å². The van der Waals surface area contributed by atoms with Crippen LogP contribution in [0, 0.1) is 18.3 Å². The fourth-order valence-corrected chi connectivity index (χ4v) is 4.06. The highest BCUT2D eigenvalue weighted by Crippen LogP contribution is 2.26. The highest BCUT2D eigenvalue weighted by molar-refractivity contribution is 8.00. The lowest BCUT2D eigenvalue weighted by molar-refractivity contribution is -0.119. The Morgan fingerprint density at radius 2 is 1.77 bits per heavy atom. The molecule has 0 spiro atoms. The van der Waals surface area contributed by atoms with E-state index in [9.17, 15) is 14.9 Å². The van der Waals surface area contributed by atoms with Crippen molar-refractivity contribution in [3.63, 3.8) is 0 Å². The third kappa shape index (κ3) is 5.72. The predicted octanol–water partition coefficient (Wildman–Crippen LogP) is 5.12. The first-order valence-corrected chi connectivity index (χ1v) is 10.9. The molecule has 7 heteroatoms. The predicted molar refractivity (Wildman–Crippen MR) is 122 cm³/mol. The average molecular weight is 450 g/mol. The van der Waals surface area contributed by atoms with Gasteiger partial charge in [0.1, 0.15) is 11.1 Å². The van der Waals surface area contributed by atoms with Crippen molar-refractivity contribution in [2.24, 2.45) is 0 Å². The van der Waals surface area contributed by atoms with Crippen molar-refractivity contribution < 1.29 is 9.59 Å². The summed E-state index contributed by atoms with van der Waals surface area (Å²) in [5, 5.41) is 13.5. The molecule has 0 bridgehead atoms. The van der Waals surface area contributed by atoms with Gasteiger partial charge in [0.15, 0.2) is 5.78 Å². The van der Waals surface area contributed by atoms with Crippen molar-refractivity contribution in [1.82, 2.24) is 10.3 Å². The van der Waals surface area contributed by atoms with Crippen LogP contribution in [0.3, 0.4) is 0 Å². The first kappa shape index (κ1) is 22.5. The van der Waals surface area contributed by atoms with Gasteiger partial charge in [-0.2, -0.15) is 5.26 Å². The SMILES string of the molecule is CC(=O)c1cc(C#N)c(SCC(=O)NC(c2ccccc2)c2ccc(Cl)cc2)nc1C. The van der Waals surface area contributed by atoms with Crippen molar-refractivity contribution in [3.8, 4) is 6.07 Å². The first-order chi connectivity index (χ1) is 14.9. The van der Waals surface area contributed by atoms with E-state index in [2.05, 4.69) is 16.4 Å². The molecule has 0 aliphatic carbocycles. The number of rotatable bonds is 7. The Morgan fingerprint density at radius 3 is 2.39 bits per heavy atom. The molecule has 1 N–H and O–H groups in total. The van der Waals surface area contributed by atoms with Crippen LogP contribution in [0.25, 0.3) is 0 Å². The van der Waals surface area contributed by atoms with Gasteiger partial charge in [-0.3, -0.25) is 9.59 Å². The van der Waals surface area contributed by atoms with Crippen molar-refractivity contribution in [2.75, 3.05) is 5.75 Å². The molecule has 0 radical (unpaired) electrons. The van der Waals surface area contributed by atoms with Gasteiger partial charge in [-0.1, -0.05) is 65.8 Å². The summed E-state index contributed by atoms with van der Waals surface area (Å²) in [6.07, 6.45) is 0. The zero-order valence-corrected chi connectivity index (χ0v) is 18.6. The van der Waals surface area contributed by atoms with E-state index >= 15 is 0 Å². The van der Waals surface area contributed by atoms with Crippen molar-refractivity contribution in [1.29, 1.82) is 5.26 Å². The number of pyridine rings is 1. The van der Waals surface area contributed by atoms with Gasteiger partial charge >= 0.3 is 0 Å². The first-order valence-electron chi connectivity index (χ1n) is 9.54. The standard InChI is InChI=1S/C24H20ClN3O2S/c1-15-21(16(2)29)12-19(13-26)24(27-15)31-14-22(30)28-23(17-6-4-3-5-7-17)18-8-10-20(25)11-9-18/h3-12,23H,14H2,1-2H3,(H,28,30). The van der Waals surface area contributed by atoms with Crippen LogP contribution in [0.15, 0.2) is 65.7 Å². The summed E-state index contributed by atoms with van der Waals surface area (Å²) >= 11 is 7.18. The van der Waals surface area contributed by atoms with Crippen molar-refractivity contribution in [3.05, 3.63) is 93.6 Å². The Kier molecular flexibility index (Phi) is 7.45. The number of amides is 1. The molecule has 1 amide bonds. The quantitative estimate of drug-likeness (QED) is 0.400. The minimum Gasteiger partial charge on any atom is -0.344 e. The second-order valence-electron chi connectivity index (χ2n) is 6.89. The number of ketones is 1. The monoisotopic (exact) mass is 449 g/mol. The van der Waals surface area contributed by atoms with E-state index in [0.717, 1.165) is 11.1 Å². The fourth-order valence-electron chi connectivity index (χ4n) is 3.13. The minimum atomic E-state index is -0.336. The number of hydrogen-bond acceptors (Lipinski definition) is 5. The van der Waals surface area contributed by atoms with E-state index in [-0.39, 0.29) is 29.0 Å². The molecule has 1 heterocycles. The highest BCUT2D eigenvalue weighted by atomic mass is 35.5. The van der Waals surface area contributed by atoms with Crippen LogP contribution in [0.4, 0.5) is 0 Å². The molecular formula is C24H20ClN3O2S. The number of Topliss-reactive ketones (excluding diaryl/α,β-unsaturated/α-hetero) is 1. The molecule has 0 saturated carbocycles. The summed E-state index contributed by atoms with van der Waals surface area (Å²) < 4.78 is 0. The van der Waals surface area contributed by atoms with E-state index in [1.807, 2.05) is 42.5 Å². The summed E-state index contributed by atoms with van der Waals surface area (Å²) in [4.78, 5) is 28.8. The Labute approximate surface area is 190 Å². The molecule has 31 heavy (non-hydrogen) atoms. The molecule has 5 nitrogen and oxygen atoms in total. The maximum absolute atomic E-state index is 12.8. The third-order valence-electron chi connectivity index (χ3n) is 4.66. The molecule has 3 rings (SSSR count). The number of nitriles is 1. The van der Waals surface area contributed by atoms with Gasteiger partial charge in [0.25, 0.3) is 0 Å².